The minimum absolute atomic E-state index is 0.132. The van der Waals surface area contributed by atoms with Crippen molar-refractivity contribution in [1.29, 1.82) is 0 Å². The van der Waals surface area contributed by atoms with E-state index in [4.69, 9.17) is 16.3 Å². The minimum atomic E-state index is -0.302. The summed E-state index contributed by atoms with van der Waals surface area (Å²) < 4.78 is 8.57. The molecule has 1 aliphatic heterocycles. The van der Waals surface area contributed by atoms with E-state index in [-0.39, 0.29) is 36.1 Å². The minimum Gasteiger partial charge on any atom is -0.478 e. The summed E-state index contributed by atoms with van der Waals surface area (Å²) in [6, 6.07) is -0.135. The van der Waals surface area contributed by atoms with E-state index in [0.29, 0.717) is 23.3 Å². The van der Waals surface area contributed by atoms with Crippen molar-refractivity contribution in [2.24, 2.45) is 5.92 Å². The van der Waals surface area contributed by atoms with Gasteiger partial charge in [-0.05, 0) is 19.1 Å². The highest BCUT2D eigenvalue weighted by molar-refractivity contribution is 14.1. The molecule has 0 saturated heterocycles. The van der Waals surface area contributed by atoms with Gasteiger partial charge >= 0.3 is 0 Å². The first-order valence-electron chi connectivity index (χ1n) is 10.5. The van der Waals surface area contributed by atoms with Crippen LogP contribution in [-0.4, -0.2) is 73.1 Å². The van der Waals surface area contributed by atoms with E-state index >= 15 is 0 Å². The molecule has 2 atom stereocenters. The average molecular weight is 588 g/mol. The third kappa shape index (κ3) is 6.15. The van der Waals surface area contributed by atoms with Crippen molar-refractivity contribution in [1.82, 2.24) is 23.7 Å². The Morgan fingerprint density at radius 1 is 1.39 bits per heavy atom. The monoisotopic (exact) mass is 587 g/mol. The topological polar surface area (TPSA) is 112 Å². The fraction of sp³-hybridized carbons (Fsp3) is 0.429. The van der Waals surface area contributed by atoms with E-state index in [1.807, 2.05) is 37.1 Å². The second-order valence-corrected chi connectivity index (χ2v) is 8.60. The number of rotatable bonds is 10. The summed E-state index contributed by atoms with van der Waals surface area (Å²) in [5, 5.41) is 6.14. The predicted molar refractivity (Wildman–Crippen MR) is 136 cm³/mol. The summed E-state index contributed by atoms with van der Waals surface area (Å²) >= 11 is 8.44. The van der Waals surface area contributed by atoms with Crippen LogP contribution < -0.4 is 19.1 Å². The fourth-order valence-corrected chi connectivity index (χ4v) is 3.89. The Labute approximate surface area is 212 Å². The number of carbonyl (C=O) groups excluding carboxylic acids is 2. The van der Waals surface area contributed by atoms with Gasteiger partial charge in [0.1, 0.15) is 5.02 Å². The number of amides is 2. The third-order valence-corrected chi connectivity index (χ3v) is 6.09. The molecule has 12 heteroatoms. The second kappa shape index (κ2) is 11.7. The molecule has 0 radical (unpaired) electrons. The lowest BCUT2D eigenvalue weighted by atomic mass is 9.88. The standard InChI is InChI=1S/C21H27ClIN7O3/c1-4-30-16-6-5-14(9-13(16)10-17(20(30)32)33-12-18(31)24-2)27-19-15(22)11-25-21(28-19)29(3)8-7-26-23/h5-6,9-11,13,16,26H,4,7-8,12H2,1-3H3,(H,24,31)(H,25,27,28). The van der Waals surface area contributed by atoms with E-state index in [0.717, 1.165) is 18.8 Å². The van der Waals surface area contributed by atoms with Crippen LogP contribution in [0.3, 0.4) is 0 Å². The van der Waals surface area contributed by atoms with Crippen LogP contribution in [0.25, 0.3) is 0 Å². The van der Waals surface area contributed by atoms with Gasteiger partial charge in [0.2, 0.25) is 5.95 Å². The summed E-state index contributed by atoms with van der Waals surface area (Å²) in [5.41, 5.74) is 0.784. The summed E-state index contributed by atoms with van der Waals surface area (Å²) in [6.45, 7) is 3.73. The molecule has 1 aromatic heterocycles. The molecule has 2 aliphatic rings. The van der Waals surface area contributed by atoms with Gasteiger partial charge in [-0.2, -0.15) is 4.98 Å². The summed E-state index contributed by atoms with van der Waals surface area (Å²) in [6.07, 6.45) is 9.19. The lowest BCUT2D eigenvalue weighted by Crippen LogP contribution is -2.48. The molecule has 1 aromatic rings. The molecule has 0 fully saturated rings. The van der Waals surface area contributed by atoms with Crippen molar-refractivity contribution >= 4 is 58.0 Å². The van der Waals surface area contributed by atoms with Crippen LogP contribution in [-0.2, 0) is 14.3 Å². The van der Waals surface area contributed by atoms with Crippen molar-refractivity contribution < 1.29 is 14.3 Å². The lowest BCUT2D eigenvalue weighted by molar-refractivity contribution is -0.135. The van der Waals surface area contributed by atoms with Crippen LogP contribution in [0.5, 0.6) is 0 Å². The number of hydrogen-bond donors (Lipinski definition) is 3. The van der Waals surface area contributed by atoms with Gasteiger partial charge < -0.3 is 25.2 Å². The van der Waals surface area contributed by atoms with Gasteiger partial charge in [-0.1, -0.05) is 23.8 Å². The van der Waals surface area contributed by atoms with Crippen LogP contribution in [0.1, 0.15) is 6.92 Å². The van der Waals surface area contributed by atoms with Crippen LogP contribution in [0, 0.1) is 5.92 Å². The second-order valence-electron chi connectivity index (χ2n) is 7.43. The molecule has 33 heavy (non-hydrogen) atoms. The molecule has 10 nitrogen and oxygen atoms in total. The van der Waals surface area contributed by atoms with Crippen molar-refractivity contribution in [3.63, 3.8) is 0 Å². The maximum Gasteiger partial charge on any atom is 0.289 e. The normalized spacial score (nSPS) is 19.4. The molecular formula is C21H27ClIN7O3. The van der Waals surface area contributed by atoms with Crippen molar-refractivity contribution in [2.45, 2.75) is 13.0 Å². The number of nitrogens with one attached hydrogen (secondary N) is 3. The number of ether oxygens (including phenoxy) is 1. The van der Waals surface area contributed by atoms with Gasteiger partial charge in [0.05, 0.1) is 12.2 Å². The Balaban J connectivity index is 1.81. The first-order valence-corrected chi connectivity index (χ1v) is 11.9. The molecule has 2 heterocycles. The molecule has 3 N–H and O–H groups in total. The number of likely N-dealkylation sites (N-methyl/N-ethyl adjacent to an activating group) is 3. The van der Waals surface area contributed by atoms with Crippen LogP contribution in [0.2, 0.25) is 5.02 Å². The number of halogens is 2. The Kier molecular flexibility index (Phi) is 8.92. The quantitative estimate of drug-likeness (QED) is 0.281. The first kappa shape index (κ1) is 25.2. The number of anilines is 2. The number of fused-ring (bicyclic) bond motifs is 1. The van der Waals surface area contributed by atoms with Gasteiger partial charge in [0.15, 0.2) is 18.2 Å². The van der Waals surface area contributed by atoms with E-state index in [1.165, 1.54) is 7.05 Å². The first-order chi connectivity index (χ1) is 15.9. The number of allylic oxidation sites excluding steroid dienone is 1. The zero-order valence-electron chi connectivity index (χ0n) is 18.6. The Morgan fingerprint density at radius 2 is 2.18 bits per heavy atom. The smallest absolute Gasteiger partial charge is 0.289 e. The predicted octanol–water partition coefficient (Wildman–Crippen LogP) is 1.86. The maximum absolute atomic E-state index is 12.8. The summed E-state index contributed by atoms with van der Waals surface area (Å²) in [5.74, 6) is 0.544. The molecule has 3 rings (SSSR count). The number of hydrogen-bond acceptors (Lipinski definition) is 8. The molecule has 0 spiro atoms. The lowest BCUT2D eigenvalue weighted by Gasteiger charge is -2.38. The van der Waals surface area contributed by atoms with E-state index < -0.39 is 0 Å². The average Bonchev–Trinajstić information content (AvgIpc) is 2.82. The van der Waals surface area contributed by atoms with E-state index in [9.17, 15) is 9.59 Å². The SMILES string of the molecule is CCN1C(=O)C(OCC(=O)NC)=CC2C=C(Nc3nc(N(C)CCNI)ncc3Cl)C=CC21. The van der Waals surface area contributed by atoms with Crippen molar-refractivity contribution in [2.75, 3.05) is 50.6 Å². The highest BCUT2D eigenvalue weighted by atomic mass is 127. The summed E-state index contributed by atoms with van der Waals surface area (Å²) in [4.78, 5) is 36.9. The van der Waals surface area contributed by atoms with Crippen LogP contribution in [0.15, 0.2) is 42.0 Å². The van der Waals surface area contributed by atoms with Crippen LogP contribution in [0.4, 0.5) is 11.8 Å². The molecule has 0 aromatic carbocycles. The zero-order valence-corrected chi connectivity index (χ0v) is 21.6. The number of aromatic nitrogens is 2. The van der Waals surface area contributed by atoms with Crippen molar-refractivity contribution in [3.05, 3.63) is 47.0 Å². The largest absolute Gasteiger partial charge is 0.478 e. The van der Waals surface area contributed by atoms with Crippen molar-refractivity contribution in [3.8, 4) is 0 Å². The fourth-order valence-electron chi connectivity index (χ4n) is 3.51. The van der Waals surface area contributed by atoms with Gasteiger partial charge in [-0.15, -0.1) is 0 Å². The zero-order chi connectivity index (χ0) is 24.0. The number of nitrogens with zero attached hydrogens (tertiary/aromatic N) is 4. The highest BCUT2D eigenvalue weighted by Crippen LogP contribution is 2.31. The Morgan fingerprint density at radius 3 is 2.88 bits per heavy atom. The Hall–Kier alpha value is -2.38. The van der Waals surface area contributed by atoms with Gasteiger partial charge in [0.25, 0.3) is 11.8 Å². The van der Waals surface area contributed by atoms with Crippen LogP contribution >= 0.6 is 34.5 Å². The maximum atomic E-state index is 12.8. The van der Waals surface area contributed by atoms with E-state index in [2.05, 4.69) is 47.0 Å². The molecule has 0 bridgehead atoms. The number of carbonyl (C=O) groups is 2. The Bertz CT molecular complexity index is 985. The molecular weight excluding hydrogens is 561 g/mol. The van der Waals surface area contributed by atoms with Gasteiger partial charge in [0, 0.05) is 68.2 Å². The summed E-state index contributed by atoms with van der Waals surface area (Å²) in [7, 11) is 3.43. The molecule has 0 saturated carbocycles. The van der Waals surface area contributed by atoms with E-state index in [1.54, 1.807) is 17.2 Å². The van der Waals surface area contributed by atoms with Gasteiger partial charge in [-0.3, -0.25) is 13.1 Å². The molecule has 2 unspecified atom stereocenters. The molecule has 2 amide bonds. The molecule has 1 aliphatic carbocycles. The van der Waals surface area contributed by atoms with Gasteiger partial charge in [-0.25, -0.2) is 4.98 Å². The highest BCUT2D eigenvalue weighted by Gasteiger charge is 2.36. The molecule has 178 valence electrons. The third-order valence-electron chi connectivity index (χ3n) is 5.27.